The van der Waals surface area contributed by atoms with Gasteiger partial charge in [-0.25, -0.2) is 22.5 Å². The van der Waals surface area contributed by atoms with Gasteiger partial charge in [0.25, 0.3) is 15.7 Å². The zero-order chi connectivity index (χ0) is 24.7. The second-order valence-electron chi connectivity index (χ2n) is 7.37. The first kappa shape index (κ1) is 23.4. The number of carbonyl (C=O) groups excluding carboxylic acids is 2. The van der Waals surface area contributed by atoms with Crippen molar-refractivity contribution < 1.29 is 35.6 Å². The fourth-order valence-electron chi connectivity index (χ4n) is 3.41. The molecule has 0 N–H and O–H groups in total. The average Bonchev–Trinajstić information content (AvgIpc) is 3.06. The second-order valence-corrected chi connectivity index (χ2v) is 9.31. The minimum absolute atomic E-state index is 0.0400. The van der Waals surface area contributed by atoms with Gasteiger partial charge in [-0.15, -0.1) is 0 Å². The van der Waals surface area contributed by atoms with Gasteiger partial charge in [0.05, 0.1) is 16.3 Å². The third-order valence-corrected chi connectivity index (χ3v) is 6.59. The number of carbonyl (C=O) groups is 2. The minimum Gasteiger partial charge on any atom is -0.310 e. The molecular weight excluding hydrogens is 478 g/mol. The molecule has 0 radical (unpaired) electrons. The first-order chi connectivity index (χ1) is 16.0. The molecule has 0 bridgehead atoms. The summed E-state index contributed by atoms with van der Waals surface area (Å²) in [7, 11) is -5.55. The minimum atomic E-state index is -5.55. The Balaban J connectivity index is 1.53. The molecule has 7 nitrogen and oxygen atoms in total. The summed E-state index contributed by atoms with van der Waals surface area (Å²) in [6, 6.07) is 11.6. The van der Waals surface area contributed by atoms with E-state index in [1.165, 1.54) is 23.2 Å². The molecule has 1 aliphatic rings. The summed E-state index contributed by atoms with van der Waals surface area (Å²) in [5.41, 5.74) is -3.69. The summed E-state index contributed by atoms with van der Waals surface area (Å²) in [4.78, 5) is 30.5. The second kappa shape index (κ2) is 8.52. The number of amides is 3. The Labute approximate surface area is 191 Å². The quantitative estimate of drug-likeness (QED) is 0.394. The maximum atomic E-state index is 13.2. The Bertz CT molecular complexity index is 1360. The number of anilines is 1. The van der Waals surface area contributed by atoms with E-state index in [1.54, 1.807) is 24.3 Å². The zero-order valence-corrected chi connectivity index (χ0v) is 18.0. The van der Waals surface area contributed by atoms with Crippen molar-refractivity contribution in [3.63, 3.8) is 0 Å². The Morgan fingerprint density at radius 1 is 0.941 bits per heavy atom. The van der Waals surface area contributed by atoms with E-state index in [0.29, 0.717) is 29.0 Å². The molecule has 1 aromatic heterocycles. The van der Waals surface area contributed by atoms with Crippen LogP contribution >= 0.6 is 0 Å². The molecule has 0 aliphatic carbocycles. The predicted octanol–water partition coefficient (Wildman–Crippen LogP) is 4.15. The van der Waals surface area contributed by atoms with Crippen LogP contribution in [0.3, 0.4) is 0 Å². The molecule has 0 saturated carbocycles. The molecule has 3 amide bonds. The SMILES string of the molecule is O=C1CN(Cc2ccnc(-c3ccc(F)cc3)c2)C(=O)N1c1ccc(S(=O)(=O)C(F)(F)F)cc1. The van der Waals surface area contributed by atoms with E-state index in [1.807, 2.05) is 0 Å². The third kappa shape index (κ3) is 4.36. The van der Waals surface area contributed by atoms with Gasteiger partial charge in [-0.3, -0.25) is 9.78 Å². The number of pyridine rings is 1. The van der Waals surface area contributed by atoms with E-state index in [-0.39, 0.29) is 18.8 Å². The van der Waals surface area contributed by atoms with Crippen molar-refractivity contribution in [2.24, 2.45) is 0 Å². The van der Waals surface area contributed by atoms with E-state index >= 15 is 0 Å². The smallest absolute Gasteiger partial charge is 0.310 e. The molecule has 2 aromatic carbocycles. The first-order valence-electron chi connectivity index (χ1n) is 9.71. The highest BCUT2D eigenvalue weighted by atomic mass is 32.2. The number of sulfone groups is 1. The molecule has 4 rings (SSSR count). The number of alkyl halides is 3. The molecule has 0 unspecified atom stereocenters. The summed E-state index contributed by atoms with van der Waals surface area (Å²) >= 11 is 0. The van der Waals surface area contributed by atoms with Crippen LogP contribution in [0.5, 0.6) is 0 Å². The molecule has 1 fully saturated rings. The summed E-state index contributed by atoms with van der Waals surface area (Å²) < 4.78 is 74.4. The van der Waals surface area contributed by atoms with Gasteiger partial charge in [0.15, 0.2) is 0 Å². The molecule has 34 heavy (non-hydrogen) atoms. The van der Waals surface area contributed by atoms with Crippen LogP contribution in [0, 0.1) is 5.82 Å². The van der Waals surface area contributed by atoms with Crippen molar-refractivity contribution in [1.29, 1.82) is 0 Å². The van der Waals surface area contributed by atoms with Crippen LogP contribution in [0.2, 0.25) is 0 Å². The lowest BCUT2D eigenvalue weighted by Gasteiger charge is -2.18. The van der Waals surface area contributed by atoms with Crippen LogP contribution in [0.25, 0.3) is 11.3 Å². The summed E-state index contributed by atoms with van der Waals surface area (Å²) in [5, 5.41) is 0. The van der Waals surface area contributed by atoms with Gasteiger partial charge in [0, 0.05) is 18.3 Å². The maximum Gasteiger partial charge on any atom is 0.501 e. The highest BCUT2D eigenvalue weighted by molar-refractivity contribution is 7.92. The lowest BCUT2D eigenvalue weighted by Crippen LogP contribution is -2.32. The highest BCUT2D eigenvalue weighted by Crippen LogP contribution is 2.32. The molecule has 1 saturated heterocycles. The number of aromatic nitrogens is 1. The van der Waals surface area contributed by atoms with Crippen molar-refractivity contribution in [3.05, 3.63) is 78.2 Å². The van der Waals surface area contributed by atoms with Crippen LogP contribution in [-0.4, -0.2) is 42.3 Å². The number of hydrogen-bond acceptors (Lipinski definition) is 5. The van der Waals surface area contributed by atoms with Gasteiger partial charge in [0.2, 0.25) is 0 Å². The average molecular weight is 493 g/mol. The van der Waals surface area contributed by atoms with Crippen LogP contribution in [0.4, 0.5) is 28.0 Å². The topological polar surface area (TPSA) is 87.7 Å². The van der Waals surface area contributed by atoms with Gasteiger partial charge in [0.1, 0.15) is 12.4 Å². The van der Waals surface area contributed by atoms with E-state index in [9.17, 15) is 35.6 Å². The van der Waals surface area contributed by atoms with Crippen LogP contribution in [0.1, 0.15) is 5.56 Å². The zero-order valence-electron chi connectivity index (χ0n) is 17.2. The molecule has 12 heteroatoms. The summed E-state index contributed by atoms with van der Waals surface area (Å²) in [6.45, 7) is -0.242. The summed E-state index contributed by atoms with van der Waals surface area (Å²) in [5.74, 6) is -1.02. The number of benzene rings is 2. The number of rotatable bonds is 5. The van der Waals surface area contributed by atoms with E-state index in [0.717, 1.165) is 17.0 Å². The van der Waals surface area contributed by atoms with E-state index < -0.39 is 38.0 Å². The molecule has 0 atom stereocenters. The lowest BCUT2D eigenvalue weighted by atomic mass is 10.1. The number of nitrogens with zero attached hydrogens (tertiary/aromatic N) is 3. The van der Waals surface area contributed by atoms with Crippen molar-refractivity contribution >= 4 is 27.5 Å². The summed E-state index contributed by atoms with van der Waals surface area (Å²) in [6.07, 6.45) is 1.51. The molecule has 176 valence electrons. The van der Waals surface area contributed by atoms with E-state index in [4.69, 9.17) is 0 Å². The Morgan fingerprint density at radius 2 is 1.59 bits per heavy atom. The monoisotopic (exact) mass is 493 g/mol. The van der Waals surface area contributed by atoms with Crippen LogP contribution in [-0.2, 0) is 21.2 Å². The number of hydrogen-bond donors (Lipinski definition) is 0. The van der Waals surface area contributed by atoms with Crippen molar-refractivity contribution in [1.82, 2.24) is 9.88 Å². The van der Waals surface area contributed by atoms with Crippen molar-refractivity contribution in [2.75, 3.05) is 11.4 Å². The molecular formula is C22H15F4N3O4S. The Morgan fingerprint density at radius 3 is 2.21 bits per heavy atom. The number of imide groups is 1. The first-order valence-corrected chi connectivity index (χ1v) is 11.2. The fourth-order valence-corrected chi connectivity index (χ4v) is 4.17. The third-order valence-electron chi connectivity index (χ3n) is 5.09. The number of halogens is 4. The van der Waals surface area contributed by atoms with Crippen molar-refractivity contribution in [3.8, 4) is 11.3 Å². The van der Waals surface area contributed by atoms with Gasteiger partial charge in [-0.1, -0.05) is 0 Å². The predicted molar refractivity (Wildman–Crippen MR) is 113 cm³/mol. The molecule has 1 aliphatic heterocycles. The fraction of sp³-hybridized carbons (Fsp3) is 0.136. The van der Waals surface area contributed by atoms with Gasteiger partial charge >= 0.3 is 11.5 Å². The lowest BCUT2D eigenvalue weighted by molar-refractivity contribution is -0.116. The van der Waals surface area contributed by atoms with Gasteiger partial charge < -0.3 is 4.90 Å². The van der Waals surface area contributed by atoms with E-state index in [2.05, 4.69) is 4.98 Å². The normalized spacial score (nSPS) is 14.7. The Hall–Kier alpha value is -3.80. The standard InChI is InChI=1S/C22H15F4N3O4S/c23-16-3-1-15(2-4-16)19-11-14(9-10-27-19)12-28-13-20(30)29(21(28)31)17-5-7-18(8-6-17)34(32,33)22(24,25)26/h1-11H,12-13H2. The highest BCUT2D eigenvalue weighted by Gasteiger charge is 2.47. The van der Waals surface area contributed by atoms with Gasteiger partial charge in [-0.2, -0.15) is 13.2 Å². The van der Waals surface area contributed by atoms with Crippen molar-refractivity contribution in [2.45, 2.75) is 16.9 Å². The molecule has 3 aromatic rings. The maximum absolute atomic E-state index is 13.2. The van der Waals surface area contributed by atoms with Gasteiger partial charge in [-0.05, 0) is 66.2 Å². The molecule has 0 spiro atoms. The number of urea groups is 1. The largest absolute Gasteiger partial charge is 0.501 e. The Kier molecular flexibility index (Phi) is 5.86. The van der Waals surface area contributed by atoms with Crippen LogP contribution in [0.15, 0.2) is 71.8 Å². The van der Waals surface area contributed by atoms with Crippen LogP contribution < -0.4 is 4.90 Å². The molecule has 2 heterocycles.